The summed E-state index contributed by atoms with van der Waals surface area (Å²) >= 11 is 4.71. The standard InChI is InChI=1S/C17H13BrN2OS/c18-14-6-4-11(5-7-14)16(21)10-22-17-13(9-19)8-12-2-1-3-15(12)20-17/h4-8H,1-3,10H2. The lowest BCUT2D eigenvalue weighted by atomic mass is 10.1. The minimum atomic E-state index is 0.0451. The Hall–Kier alpha value is -1.64. The fraction of sp³-hybridized carbons (Fsp3) is 0.235. The number of hydrogen-bond acceptors (Lipinski definition) is 4. The molecule has 1 aliphatic carbocycles. The van der Waals surface area contributed by atoms with Crippen molar-refractivity contribution in [1.29, 1.82) is 5.26 Å². The molecule has 0 saturated carbocycles. The van der Waals surface area contributed by atoms with E-state index >= 15 is 0 Å². The number of carbonyl (C=O) groups is 1. The molecule has 0 radical (unpaired) electrons. The molecule has 0 N–H and O–H groups in total. The molecule has 0 fully saturated rings. The van der Waals surface area contributed by atoms with Gasteiger partial charge < -0.3 is 0 Å². The highest BCUT2D eigenvalue weighted by molar-refractivity contribution is 9.10. The maximum Gasteiger partial charge on any atom is 0.173 e. The Morgan fingerprint density at radius 2 is 2.09 bits per heavy atom. The predicted octanol–water partition coefficient (Wildman–Crippen LogP) is 4.18. The van der Waals surface area contributed by atoms with Crippen LogP contribution in [0.25, 0.3) is 0 Å². The van der Waals surface area contributed by atoms with Gasteiger partial charge in [0.1, 0.15) is 11.1 Å². The van der Waals surface area contributed by atoms with Gasteiger partial charge in [-0.05, 0) is 43.0 Å². The Labute approximate surface area is 141 Å². The van der Waals surface area contributed by atoms with Gasteiger partial charge in [-0.2, -0.15) is 5.26 Å². The Morgan fingerprint density at radius 3 is 2.82 bits per heavy atom. The number of ketones is 1. The topological polar surface area (TPSA) is 53.8 Å². The molecule has 1 aromatic carbocycles. The van der Waals surface area contributed by atoms with Crippen LogP contribution in [0.5, 0.6) is 0 Å². The van der Waals surface area contributed by atoms with E-state index in [0.29, 0.717) is 21.9 Å². The molecule has 22 heavy (non-hydrogen) atoms. The van der Waals surface area contributed by atoms with Crippen LogP contribution in [-0.4, -0.2) is 16.5 Å². The first kappa shape index (κ1) is 15.3. The lowest BCUT2D eigenvalue weighted by Gasteiger charge is -2.06. The van der Waals surface area contributed by atoms with Gasteiger partial charge in [-0.25, -0.2) is 4.98 Å². The molecule has 2 aromatic rings. The summed E-state index contributed by atoms with van der Waals surface area (Å²) in [4.78, 5) is 16.8. The number of halogens is 1. The van der Waals surface area contributed by atoms with E-state index < -0.39 is 0 Å². The van der Waals surface area contributed by atoms with Crippen molar-refractivity contribution >= 4 is 33.5 Å². The van der Waals surface area contributed by atoms with Crippen LogP contribution in [0.15, 0.2) is 39.8 Å². The summed E-state index contributed by atoms with van der Waals surface area (Å²) in [5.41, 5.74) is 3.52. The van der Waals surface area contributed by atoms with E-state index in [1.165, 1.54) is 17.3 Å². The minimum absolute atomic E-state index is 0.0451. The molecule has 0 saturated heterocycles. The number of aryl methyl sites for hydroxylation is 2. The van der Waals surface area contributed by atoms with Crippen molar-refractivity contribution in [2.75, 3.05) is 5.75 Å². The van der Waals surface area contributed by atoms with E-state index in [1.807, 2.05) is 18.2 Å². The maximum absolute atomic E-state index is 12.2. The van der Waals surface area contributed by atoms with E-state index in [1.54, 1.807) is 12.1 Å². The average molecular weight is 373 g/mol. The number of carbonyl (C=O) groups excluding carboxylic acids is 1. The summed E-state index contributed by atoms with van der Waals surface area (Å²) in [6.45, 7) is 0. The van der Waals surface area contributed by atoms with Crippen molar-refractivity contribution < 1.29 is 4.79 Å². The zero-order chi connectivity index (χ0) is 15.5. The van der Waals surface area contributed by atoms with Gasteiger partial charge in [-0.15, -0.1) is 0 Å². The summed E-state index contributed by atoms with van der Waals surface area (Å²) in [5, 5.41) is 9.94. The third kappa shape index (κ3) is 3.23. The highest BCUT2D eigenvalue weighted by Gasteiger charge is 2.17. The number of benzene rings is 1. The van der Waals surface area contributed by atoms with E-state index in [2.05, 4.69) is 27.0 Å². The van der Waals surface area contributed by atoms with Gasteiger partial charge >= 0.3 is 0 Å². The predicted molar refractivity (Wildman–Crippen MR) is 90.2 cm³/mol. The Balaban J connectivity index is 1.75. The lowest BCUT2D eigenvalue weighted by Crippen LogP contribution is -2.03. The van der Waals surface area contributed by atoms with Gasteiger partial charge in [0.15, 0.2) is 5.78 Å². The number of hydrogen-bond donors (Lipinski definition) is 0. The van der Waals surface area contributed by atoms with Crippen LogP contribution in [0.3, 0.4) is 0 Å². The van der Waals surface area contributed by atoms with Crippen molar-refractivity contribution in [1.82, 2.24) is 4.98 Å². The van der Waals surface area contributed by atoms with Gasteiger partial charge in [-0.1, -0.05) is 39.8 Å². The largest absolute Gasteiger partial charge is 0.293 e. The van der Waals surface area contributed by atoms with Crippen molar-refractivity contribution in [3.8, 4) is 6.07 Å². The minimum Gasteiger partial charge on any atom is -0.293 e. The van der Waals surface area contributed by atoms with E-state index in [4.69, 9.17) is 0 Å². The number of pyridine rings is 1. The van der Waals surface area contributed by atoms with Crippen LogP contribution in [0.2, 0.25) is 0 Å². The summed E-state index contributed by atoms with van der Waals surface area (Å²) in [7, 11) is 0. The van der Waals surface area contributed by atoms with Gasteiger partial charge in [0.2, 0.25) is 0 Å². The van der Waals surface area contributed by atoms with Crippen LogP contribution < -0.4 is 0 Å². The Bertz CT molecular complexity index is 765. The Kier molecular flexibility index (Phi) is 4.60. The van der Waals surface area contributed by atoms with Crippen molar-refractivity contribution in [3.05, 3.63) is 57.2 Å². The fourth-order valence-corrected chi connectivity index (χ4v) is 3.63. The lowest BCUT2D eigenvalue weighted by molar-refractivity contribution is 0.102. The zero-order valence-electron chi connectivity index (χ0n) is 11.8. The SMILES string of the molecule is N#Cc1cc2c(nc1SCC(=O)c1ccc(Br)cc1)CCC2. The van der Waals surface area contributed by atoms with Crippen molar-refractivity contribution in [3.63, 3.8) is 0 Å². The number of nitrogens with zero attached hydrogens (tertiary/aromatic N) is 2. The first-order valence-corrected chi connectivity index (χ1v) is 8.79. The summed E-state index contributed by atoms with van der Waals surface area (Å²) in [6, 6.07) is 11.4. The van der Waals surface area contributed by atoms with E-state index in [9.17, 15) is 10.1 Å². The number of nitriles is 1. The highest BCUT2D eigenvalue weighted by Crippen LogP contribution is 2.28. The summed E-state index contributed by atoms with van der Waals surface area (Å²) in [6.07, 6.45) is 3.06. The average Bonchev–Trinajstić information content (AvgIpc) is 2.99. The molecule has 1 aromatic heterocycles. The number of aromatic nitrogens is 1. The van der Waals surface area contributed by atoms with Crippen LogP contribution in [0, 0.1) is 11.3 Å². The molecule has 0 amide bonds. The molecule has 0 bridgehead atoms. The van der Waals surface area contributed by atoms with Crippen LogP contribution in [0.1, 0.15) is 33.6 Å². The van der Waals surface area contributed by atoms with Crippen molar-refractivity contribution in [2.45, 2.75) is 24.3 Å². The van der Waals surface area contributed by atoms with Crippen LogP contribution in [0.4, 0.5) is 0 Å². The fourth-order valence-electron chi connectivity index (χ4n) is 2.50. The molecule has 3 nitrogen and oxygen atoms in total. The molecule has 1 aliphatic rings. The molecule has 3 rings (SSSR count). The zero-order valence-corrected chi connectivity index (χ0v) is 14.2. The smallest absolute Gasteiger partial charge is 0.173 e. The van der Waals surface area contributed by atoms with E-state index in [-0.39, 0.29) is 5.78 Å². The van der Waals surface area contributed by atoms with E-state index in [0.717, 1.165) is 29.4 Å². The maximum atomic E-state index is 12.2. The summed E-state index contributed by atoms with van der Waals surface area (Å²) in [5.74, 6) is 0.339. The number of thioether (sulfide) groups is 1. The molecule has 0 aliphatic heterocycles. The molecule has 0 atom stereocenters. The second kappa shape index (κ2) is 6.64. The van der Waals surface area contributed by atoms with Crippen molar-refractivity contribution in [2.24, 2.45) is 0 Å². The first-order chi connectivity index (χ1) is 10.7. The van der Waals surface area contributed by atoms with Crippen LogP contribution >= 0.6 is 27.7 Å². The number of Topliss-reactive ketones (excluding diaryl/α,β-unsaturated/α-hetero) is 1. The molecule has 0 spiro atoms. The van der Waals surface area contributed by atoms with Gasteiger partial charge in [0, 0.05) is 15.7 Å². The number of fused-ring (bicyclic) bond motifs is 1. The van der Waals surface area contributed by atoms with Gasteiger partial charge in [0.05, 0.1) is 11.3 Å². The Morgan fingerprint density at radius 1 is 1.32 bits per heavy atom. The van der Waals surface area contributed by atoms with Gasteiger partial charge in [0.25, 0.3) is 0 Å². The van der Waals surface area contributed by atoms with Gasteiger partial charge in [-0.3, -0.25) is 4.79 Å². The van der Waals surface area contributed by atoms with Crippen LogP contribution in [-0.2, 0) is 12.8 Å². The summed E-state index contributed by atoms with van der Waals surface area (Å²) < 4.78 is 0.948. The number of rotatable bonds is 4. The molecule has 5 heteroatoms. The molecule has 0 unspecified atom stereocenters. The molecule has 110 valence electrons. The molecule has 1 heterocycles. The third-order valence-electron chi connectivity index (χ3n) is 3.64. The molecular weight excluding hydrogens is 360 g/mol. The third-order valence-corrected chi connectivity index (χ3v) is 5.16. The molecular formula is C17H13BrN2OS. The monoisotopic (exact) mass is 372 g/mol. The normalized spacial score (nSPS) is 12.7. The first-order valence-electron chi connectivity index (χ1n) is 7.02. The highest BCUT2D eigenvalue weighted by atomic mass is 79.9. The second-order valence-corrected chi connectivity index (χ2v) is 7.01. The second-order valence-electron chi connectivity index (χ2n) is 5.13. The quantitative estimate of drug-likeness (QED) is 0.596.